The van der Waals surface area contributed by atoms with Crippen molar-refractivity contribution in [2.75, 3.05) is 6.54 Å². The van der Waals surface area contributed by atoms with Crippen LogP contribution < -0.4 is 5.32 Å². The number of aromatic nitrogens is 3. The number of nitrogens with one attached hydrogen (secondary N) is 1. The smallest absolute Gasteiger partial charge is 0.0997 e. The highest BCUT2D eigenvalue weighted by molar-refractivity contribution is 5.35. The van der Waals surface area contributed by atoms with Gasteiger partial charge in [-0.15, -0.1) is 0 Å². The Kier molecular flexibility index (Phi) is 4.10. The van der Waals surface area contributed by atoms with E-state index in [0.717, 1.165) is 36.6 Å². The molecule has 0 radical (unpaired) electrons. The van der Waals surface area contributed by atoms with Crippen LogP contribution >= 0.6 is 0 Å². The lowest BCUT2D eigenvalue weighted by Gasteiger charge is -2.08. The molecule has 2 aromatic heterocycles. The number of imidazole rings is 1. The summed E-state index contributed by atoms with van der Waals surface area (Å²) >= 11 is 0. The van der Waals surface area contributed by atoms with Crippen molar-refractivity contribution in [1.29, 1.82) is 0 Å². The monoisotopic (exact) mass is 244 g/mol. The normalized spacial score (nSPS) is 10.8. The van der Waals surface area contributed by atoms with E-state index in [1.807, 2.05) is 25.5 Å². The van der Waals surface area contributed by atoms with Crippen molar-refractivity contribution in [3.63, 3.8) is 0 Å². The Hall–Kier alpha value is -1.68. The van der Waals surface area contributed by atoms with Crippen molar-refractivity contribution < 1.29 is 0 Å². The number of hydrogen-bond donors (Lipinski definition) is 1. The first-order valence-electron chi connectivity index (χ1n) is 6.39. The minimum atomic E-state index is 0.814. The van der Waals surface area contributed by atoms with Gasteiger partial charge in [0, 0.05) is 18.4 Å². The minimum absolute atomic E-state index is 0.814. The maximum absolute atomic E-state index is 4.38. The average molecular weight is 244 g/mol. The molecule has 0 saturated carbocycles. The van der Waals surface area contributed by atoms with E-state index in [1.54, 1.807) is 0 Å². The zero-order valence-corrected chi connectivity index (χ0v) is 11.3. The zero-order chi connectivity index (χ0) is 13.0. The van der Waals surface area contributed by atoms with Gasteiger partial charge in [-0.1, -0.05) is 6.92 Å². The first-order chi connectivity index (χ1) is 8.72. The lowest BCUT2D eigenvalue weighted by molar-refractivity contribution is 0.664. The first-order valence-corrected chi connectivity index (χ1v) is 6.39. The van der Waals surface area contributed by atoms with Crippen LogP contribution in [0.3, 0.4) is 0 Å². The van der Waals surface area contributed by atoms with Gasteiger partial charge >= 0.3 is 0 Å². The third-order valence-corrected chi connectivity index (χ3v) is 3.06. The largest absolute Gasteiger partial charge is 0.311 e. The predicted octanol–water partition coefficient (Wildman–Crippen LogP) is 2.38. The first kappa shape index (κ1) is 12.8. The summed E-state index contributed by atoms with van der Waals surface area (Å²) < 4.78 is 2.10. The fraction of sp³-hybridized carbons (Fsp3) is 0.429. The van der Waals surface area contributed by atoms with Gasteiger partial charge in [-0.2, -0.15) is 0 Å². The highest BCUT2D eigenvalue weighted by Gasteiger charge is 2.05. The summed E-state index contributed by atoms with van der Waals surface area (Å²) in [7, 11) is 0. The van der Waals surface area contributed by atoms with E-state index in [-0.39, 0.29) is 0 Å². The van der Waals surface area contributed by atoms with Crippen LogP contribution in [0, 0.1) is 13.8 Å². The molecule has 0 bridgehead atoms. The van der Waals surface area contributed by atoms with Gasteiger partial charge in [-0.3, -0.25) is 4.98 Å². The van der Waals surface area contributed by atoms with Gasteiger partial charge < -0.3 is 9.88 Å². The third kappa shape index (κ3) is 2.76. The van der Waals surface area contributed by atoms with Crippen molar-refractivity contribution >= 4 is 0 Å². The van der Waals surface area contributed by atoms with Gasteiger partial charge in [-0.25, -0.2) is 4.98 Å². The minimum Gasteiger partial charge on any atom is -0.311 e. The topological polar surface area (TPSA) is 42.7 Å². The summed E-state index contributed by atoms with van der Waals surface area (Å²) in [6, 6.07) is 4.12. The number of rotatable bonds is 5. The summed E-state index contributed by atoms with van der Waals surface area (Å²) in [5.74, 6) is 0. The molecule has 2 aromatic rings. The van der Waals surface area contributed by atoms with Crippen LogP contribution in [-0.4, -0.2) is 21.1 Å². The quantitative estimate of drug-likeness (QED) is 0.821. The Morgan fingerprint density at radius 2 is 2.11 bits per heavy atom. The third-order valence-electron chi connectivity index (χ3n) is 3.06. The van der Waals surface area contributed by atoms with Crippen molar-refractivity contribution in [1.82, 2.24) is 19.9 Å². The Morgan fingerprint density at radius 1 is 1.28 bits per heavy atom. The zero-order valence-electron chi connectivity index (χ0n) is 11.3. The molecular formula is C14H20N4. The molecule has 2 heterocycles. The SMILES string of the molecule is CCCNCc1cc(-n2cnc(C)c2C)ccn1. The molecule has 4 heteroatoms. The molecule has 2 rings (SSSR count). The maximum atomic E-state index is 4.38. The molecule has 0 aromatic carbocycles. The van der Waals surface area contributed by atoms with Gasteiger partial charge in [-0.05, 0) is 38.9 Å². The molecule has 0 aliphatic carbocycles. The highest BCUT2D eigenvalue weighted by atomic mass is 15.1. The van der Waals surface area contributed by atoms with Crippen LogP contribution in [0.4, 0.5) is 0 Å². The van der Waals surface area contributed by atoms with Crippen molar-refractivity contribution in [2.45, 2.75) is 33.7 Å². The second-order valence-electron chi connectivity index (χ2n) is 4.47. The number of aryl methyl sites for hydroxylation is 1. The number of hydrogen-bond acceptors (Lipinski definition) is 3. The number of nitrogens with zero attached hydrogens (tertiary/aromatic N) is 3. The summed E-state index contributed by atoms with van der Waals surface area (Å²) in [5.41, 5.74) is 4.43. The van der Waals surface area contributed by atoms with Gasteiger partial charge in [0.2, 0.25) is 0 Å². The van der Waals surface area contributed by atoms with Crippen molar-refractivity contribution in [3.05, 3.63) is 41.7 Å². The average Bonchev–Trinajstić information content (AvgIpc) is 2.71. The maximum Gasteiger partial charge on any atom is 0.0997 e. The second kappa shape index (κ2) is 5.78. The van der Waals surface area contributed by atoms with E-state index in [9.17, 15) is 0 Å². The molecule has 18 heavy (non-hydrogen) atoms. The van der Waals surface area contributed by atoms with Crippen LogP contribution in [0.25, 0.3) is 5.69 Å². The van der Waals surface area contributed by atoms with Gasteiger partial charge in [0.1, 0.15) is 0 Å². The fourth-order valence-corrected chi connectivity index (χ4v) is 1.86. The van der Waals surface area contributed by atoms with Crippen LogP contribution in [0.5, 0.6) is 0 Å². The molecule has 4 nitrogen and oxygen atoms in total. The Bertz CT molecular complexity index is 516. The molecule has 0 atom stereocenters. The Morgan fingerprint density at radius 3 is 2.78 bits per heavy atom. The molecule has 0 fully saturated rings. The van der Waals surface area contributed by atoms with E-state index >= 15 is 0 Å². The Labute approximate surface area is 108 Å². The van der Waals surface area contributed by atoms with Crippen LogP contribution in [-0.2, 0) is 6.54 Å². The van der Waals surface area contributed by atoms with Crippen LogP contribution in [0.15, 0.2) is 24.7 Å². The van der Waals surface area contributed by atoms with Gasteiger partial charge in [0.15, 0.2) is 0 Å². The number of pyridine rings is 1. The lowest BCUT2D eigenvalue weighted by Crippen LogP contribution is -2.15. The van der Waals surface area contributed by atoms with Crippen molar-refractivity contribution in [3.8, 4) is 5.69 Å². The molecular weight excluding hydrogens is 224 g/mol. The molecule has 0 spiro atoms. The van der Waals surface area contributed by atoms with Crippen molar-refractivity contribution in [2.24, 2.45) is 0 Å². The van der Waals surface area contributed by atoms with E-state index in [1.165, 1.54) is 5.69 Å². The lowest BCUT2D eigenvalue weighted by atomic mass is 10.3. The fourth-order valence-electron chi connectivity index (χ4n) is 1.86. The second-order valence-corrected chi connectivity index (χ2v) is 4.47. The van der Waals surface area contributed by atoms with Gasteiger partial charge in [0.05, 0.1) is 23.4 Å². The summed E-state index contributed by atoms with van der Waals surface area (Å²) in [5, 5.41) is 3.36. The van der Waals surface area contributed by atoms with E-state index in [4.69, 9.17) is 0 Å². The molecule has 0 amide bonds. The van der Waals surface area contributed by atoms with E-state index in [2.05, 4.69) is 39.8 Å². The van der Waals surface area contributed by atoms with Gasteiger partial charge in [0.25, 0.3) is 0 Å². The molecule has 0 aliphatic rings. The predicted molar refractivity (Wildman–Crippen MR) is 72.8 cm³/mol. The standard InChI is InChI=1S/C14H20N4/c1-4-6-15-9-13-8-14(5-7-16-13)18-10-17-11(2)12(18)3/h5,7-8,10,15H,4,6,9H2,1-3H3. The molecule has 1 N–H and O–H groups in total. The van der Waals surface area contributed by atoms with Crippen LogP contribution in [0.2, 0.25) is 0 Å². The van der Waals surface area contributed by atoms with Crippen LogP contribution in [0.1, 0.15) is 30.4 Å². The molecule has 96 valence electrons. The Balaban J connectivity index is 2.19. The summed E-state index contributed by atoms with van der Waals surface area (Å²) in [6.07, 6.45) is 4.86. The van der Waals surface area contributed by atoms with E-state index in [0.29, 0.717) is 0 Å². The molecule has 0 unspecified atom stereocenters. The summed E-state index contributed by atoms with van der Waals surface area (Å²) in [6.45, 7) is 8.10. The molecule has 0 saturated heterocycles. The van der Waals surface area contributed by atoms with E-state index < -0.39 is 0 Å². The highest BCUT2D eigenvalue weighted by Crippen LogP contribution is 2.13. The molecule has 0 aliphatic heterocycles. The summed E-state index contributed by atoms with van der Waals surface area (Å²) in [4.78, 5) is 8.70.